The van der Waals surface area contributed by atoms with E-state index in [1.165, 1.54) is 18.2 Å². The van der Waals surface area contributed by atoms with Crippen LogP contribution in [0.15, 0.2) is 30.3 Å². The van der Waals surface area contributed by atoms with Crippen molar-refractivity contribution in [1.82, 2.24) is 25.3 Å². The minimum atomic E-state index is -4.81. The number of aryl methyl sites for hydroxylation is 2. The van der Waals surface area contributed by atoms with Gasteiger partial charge in [0.15, 0.2) is 0 Å². The van der Waals surface area contributed by atoms with Crippen LogP contribution in [-0.4, -0.2) is 32.2 Å². The summed E-state index contributed by atoms with van der Waals surface area (Å²) in [5, 5.41) is 13.7. The molecule has 28 heavy (non-hydrogen) atoms. The van der Waals surface area contributed by atoms with Gasteiger partial charge in [0, 0.05) is 30.4 Å². The van der Waals surface area contributed by atoms with Gasteiger partial charge in [-0.25, -0.2) is 0 Å². The Morgan fingerprint density at radius 1 is 1.29 bits per heavy atom. The molecule has 2 N–H and O–H groups in total. The number of halogens is 3. The summed E-state index contributed by atoms with van der Waals surface area (Å²) >= 11 is 0. The van der Waals surface area contributed by atoms with E-state index in [-0.39, 0.29) is 23.6 Å². The van der Waals surface area contributed by atoms with Gasteiger partial charge < -0.3 is 10.1 Å². The van der Waals surface area contributed by atoms with E-state index in [9.17, 15) is 18.0 Å². The molecule has 148 valence electrons. The number of hydrogen-bond acceptors (Lipinski definition) is 4. The second-order valence-electron chi connectivity index (χ2n) is 6.17. The highest BCUT2D eigenvalue weighted by Crippen LogP contribution is 2.27. The first kappa shape index (κ1) is 19.5. The van der Waals surface area contributed by atoms with Gasteiger partial charge in [-0.1, -0.05) is 18.2 Å². The topological polar surface area (TPSA) is 84.8 Å². The molecule has 0 radical (unpaired) electrons. The predicted molar refractivity (Wildman–Crippen MR) is 94.6 cm³/mol. The van der Waals surface area contributed by atoms with Crippen LogP contribution in [0, 0.1) is 13.8 Å². The zero-order valence-electron chi connectivity index (χ0n) is 15.4. The van der Waals surface area contributed by atoms with Crippen LogP contribution in [0.1, 0.15) is 27.4 Å². The van der Waals surface area contributed by atoms with Gasteiger partial charge >= 0.3 is 6.36 Å². The van der Waals surface area contributed by atoms with Gasteiger partial charge in [0.25, 0.3) is 5.91 Å². The summed E-state index contributed by atoms with van der Waals surface area (Å²) in [4.78, 5) is 12.4. The summed E-state index contributed by atoms with van der Waals surface area (Å²) in [5.74, 6) is -0.859. The van der Waals surface area contributed by atoms with Gasteiger partial charge in [-0.3, -0.25) is 14.6 Å². The van der Waals surface area contributed by atoms with Gasteiger partial charge in [-0.2, -0.15) is 10.2 Å². The number of carbonyl (C=O) groups is 1. The normalized spacial score (nSPS) is 11.5. The van der Waals surface area contributed by atoms with Crippen molar-refractivity contribution in [2.45, 2.75) is 26.8 Å². The molecule has 0 atom stereocenters. The molecule has 0 saturated heterocycles. The third-order valence-electron chi connectivity index (χ3n) is 4.23. The third kappa shape index (κ3) is 4.16. The monoisotopic (exact) mass is 393 g/mol. The molecule has 10 heteroatoms. The number of aromatic nitrogens is 4. The fourth-order valence-corrected chi connectivity index (χ4v) is 2.86. The van der Waals surface area contributed by atoms with Crippen LogP contribution in [0.4, 0.5) is 13.2 Å². The molecule has 0 spiro atoms. The maximum absolute atomic E-state index is 12.5. The van der Waals surface area contributed by atoms with Crippen molar-refractivity contribution in [2.75, 3.05) is 0 Å². The first-order chi connectivity index (χ1) is 13.2. The van der Waals surface area contributed by atoms with Gasteiger partial charge in [0.1, 0.15) is 11.4 Å². The molecule has 2 heterocycles. The molecule has 3 rings (SSSR count). The number of hydrogen-bond donors (Lipinski definition) is 2. The number of benzene rings is 1. The molecule has 0 aliphatic heterocycles. The number of ether oxygens (including phenoxy) is 1. The molecule has 3 aromatic rings. The minimum Gasteiger partial charge on any atom is -0.405 e. The smallest absolute Gasteiger partial charge is 0.405 e. The Hall–Kier alpha value is -3.30. The maximum atomic E-state index is 12.5. The fraction of sp³-hybridized carbons (Fsp3) is 0.278. The molecular formula is C18H18F3N5O2. The Bertz CT molecular complexity index is 1010. The first-order valence-corrected chi connectivity index (χ1v) is 8.33. The van der Waals surface area contributed by atoms with Crippen molar-refractivity contribution in [3.05, 3.63) is 53.0 Å². The van der Waals surface area contributed by atoms with E-state index in [1.54, 1.807) is 16.8 Å². The van der Waals surface area contributed by atoms with E-state index in [1.807, 2.05) is 20.9 Å². The zero-order chi connectivity index (χ0) is 20.5. The van der Waals surface area contributed by atoms with Crippen LogP contribution in [0.25, 0.3) is 11.3 Å². The van der Waals surface area contributed by atoms with Gasteiger partial charge in [0.2, 0.25) is 0 Å². The Balaban J connectivity index is 1.73. The first-order valence-electron chi connectivity index (χ1n) is 8.33. The van der Waals surface area contributed by atoms with Crippen molar-refractivity contribution in [2.24, 2.45) is 7.05 Å². The number of nitrogens with zero attached hydrogens (tertiary/aromatic N) is 3. The van der Waals surface area contributed by atoms with Crippen molar-refractivity contribution in [3.8, 4) is 17.0 Å². The highest BCUT2D eigenvalue weighted by molar-refractivity contribution is 5.93. The summed E-state index contributed by atoms with van der Waals surface area (Å²) < 4.78 is 43.2. The van der Waals surface area contributed by atoms with Crippen molar-refractivity contribution in [3.63, 3.8) is 0 Å². The lowest BCUT2D eigenvalue weighted by atomic mass is 10.1. The van der Waals surface area contributed by atoms with Crippen LogP contribution in [-0.2, 0) is 13.6 Å². The maximum Gasteiger partial charge on any atom is 0.573 e. The Kier molecular flexibility index (Phi) is 5.12. The van der Waals surface area contributed by atoms with Gasteiger partial charge in [-0.05, 0) is 26.0 Å². The number of nitrogens with one attached hydrogen (secondary N) is 2. The summed E-state index contributed by atoms with van der Waals surface area (Å²) in [6.07, 6.45) is -4.81. The van der Waals surface area contributed by atoms with Crippen LogP contribution >= 0.6 is 0 Å². The van der Waals surface area contributed by atoms with E-state index in [0.29, 0.717) is 5.69 Å². The third-order valence-corrected chi connectivity index (χ3v) is 4.23. The fourth-order valence-electron chi connectivity index (χ4n) is 2.86. The summed E-state index contributed by atoms with van der Waals surface area (Å²) in [5.41, 5.74) is 3.44. The summed E-state index contributed by atoms with van der Waals surface area (Å²) in [7, 11) is 1.81. The van der Waals surface area contributed by atoms with Crippen LogP contribution in [0.2, 0.25) is 0 Å². The lowest BCUT2D eigenvalue weighted by Gasteiger charge is -2.13. The summed E-state index contributed by atoms with van der Waals surface area (Å²) in [6, 6.07) is 7.20. The van der Waals surface area contributed by atoms with Gasteiger partial charge in [0.05, 0.1) is 11.4 Å². The second kappa shape index (κ2) is 7.37. The van der Waals surface area contributed by atoms with Crippen molar-refractivity contribution >= 4 is 5.91 Å². The average Bonchev–Trinajstić information content (AvgIpc) is 3.17. The molecular weight excluding hydrogens is 375 g/mol. The average molecular weight is 393 g/mol. The standard InChI is InChI=1S/C18H18F3N5O2/c1-10-16(11(2)26(3)25-10)13-8-14(24-23-13)17(27)22-9-12-6-4-5-7-15(12)28-18(19,20)21/h4-8H,9H2,1-3H3,(H,22,27)(H,23,24). The highest BCUT2D eigenvalue weighted by Gasteiger charge is 2.32. The lowest BCUT2D eigenvalue weighted by Crippen LogP contribution is -2.24. The molecule has 0 unspecified atom stereocenters. The van der Waals surface area contributed by atoms with E-state index in [4.69, 9.17) is 0 Å². The molecule has 1 amide bonds. The number of alkyl halides is 3. The molecule has 7 nitrogen and oxygen atoms in total. The van der Waals surface area contributed by atoms with E-state index >= 15 is 0 Å². The number of aromatic amines is 1. The van der Waals surface area contributed by atoms with E-state index < -0.39 is 12.3 Å². The quantitative estimate of drug-likeness (QED) is 0.697. The molecule has 1 aromatic carbocycles. The number of rotatable bonds is 5. The molecule has 0 aliphatic carbocycles. The molecule has 2 aromatic heterocycles. The van der Waals surface area contributed by atoms with Gasteiger partial charge in [-0.15, -0.1) is 13.2 Å². The number of carbonyl (C=O) groups excluding carboxylic acids is 1. The van der Waals surface area contributed by atoms with Crippen molar-refractivity contribution in [1.29, 1.82) is 0 Å². The van der Waals surface area contributed by atoms with E-state index in [0.717, 1.165) is 17.0 Å². The number of amides is 1. The number of para-hydroxylation sites is 1. The summed E-state index contributed by atoms with van der Waals surface area (Å²) in [6.45, 7) is 3.60. The van der Waals surface area contributed by atoms with Crippen molar-refractivity contribution < 1.29 is 22.7 Å². The Morgan fingerprint density at radius 3 is 2.64 bits per heavy atom. The number of H-pyrrole nitrogens is 1. The lowest BCUT2D eigenvalue weighted by molar-refractivity contribution is -0.274. The molecule has 0 fully saturated rings. The molecule has 0 bridgehead atoms. The largest absolute Gasteiger partial charge is 0.573 e. The van der Waals surface area contributed by atoms with Crippen LogP contribution < -0.4 is 10.1 Å². The highest BCUT2D eigenvalue weighted by atomic mass is 19.4. The van der Waals surface area contributed by atoms with E-state index in [2.05, 4.69) is 25.3 Å². The SMILES string of the molecule is Cc1nn(C)c(C)c1-c1cc(C(=O)NCc2ccccc2OC(F)(F)F)[nH]n1. The van der Waals surface area contributed by atoms with Crippen LogP contribution in [0.5, 0.6) is 5.75 Å². The van der Waals surface area contributed by atoms with Crippen LogP contribution in [0.3, 0.4) is 0 Å². The predicted octanol–water partition coefficient (Wildman–Crippen LogP) is 3.26. The molecule has 0 aliphatic rings. The molecule has 0 saturated carbocycles. The minimum absolute atomic E-state index is 0.135. The zero-order valence-corrected chi connectivity index (χ0v) is 15.4. The Morgan fingerprint density at radius 2 is 2.00 bits per heavy atom. The second-order valence-corrected chi connectivity index (χ2v) is 6.17. The Labute approximate surface area is 158 Å².